The van der Waals surface area contributed by atoms with Crippen LogP contribution in [-0.4, -0.2) is 29.9 Å². The maximum Gasteiger partial charge on any atom is 0.341 e. The average molecular weight is 493 g/mol. The largest absolute Gasteiger partial charge is 0.480 e. The fraction of sp³-hybridized carbons (Fsp3) is 0.160. The molecule has 0 aromatic heterocycles. The minimum Gasteiger partial charge on any atom is -0.480 e. The van der Waals surface area contributed by atoms with Crippen molar-refractivity contribution in [1.82, 2.24) is 0 Å². The molecule has 1 N–H and O–H groups in total. The van der Waals surface area contributed by atoms with E-state index in [1.165, 1.54) is 23.9 Å². The number of carbonyl (C=O) groups is 1. The van der Waals surface area contributed by atoms with Gasteiger partial charge in [-0.05, 0) is 46.5 Å². The van der Waals surface area contributed by atoms with Gasteiger partial charge in [-0.3, -0.25) is 0 Å². The fourth-order valence-corrected chi connectivity index (χ4v) is 4.20. The highest BCUT2D eigenvalue weighted by atomic mass is 35.5. The summed E-state index contributed by atoms with van der Waals surface area (Å²) in [6.45, 7) is -0.486. The van der Waals surface area contributed by atoms with Crippen molar-refractivity contribution in [2.24, 2.45) is 0 Å². The second kappa shape index (κ2) is 11.8. The van der Waals surface area contributed by atoms with Gasteiger partial charge in [-0.15, -0.1) is 11.8 Å². The number of ether oxygens (including phenoxy) is 1. The van der Waals surface area contributed by atoms with E-state index in [0.29, 0.717) is 16.3 Å². The third-order valence-electron chi connectivity index (χ3n) is 4.61. The molecule has 33 heavy (non-hydrogen) atoms. The van der Waals surface area contributed by atoms with Gasteiger partial charge in [-0.1, -0.05) is 66.2 Å². The lowest BCUT2D eigenvalue weighted by atomic mass is 9.95. The SMILES string of the molecule is O=C(O)COc1ccc(SCC=C(c2ccccc2)c2cccc(C(F)C(F)F)c2)cc1Cl. The standard InChI is InChI=1S/C25H20ClF3O3S/c26-21-14-19(9-10-22(21)32-15-23(30)31)33-12-11-20(16-5-2-1-3-6-16)17-7-4-8-18(13-17)24(27)25(28)29/h1-11,13-14,24-25H,12,15H2,(H,30,31). The van der Waals surface area contributed by atoms with Gasteiger partial charge in [-0.2, -0.15) is 0 Å². The van der Waals surface area contributed by atoms with Crippen LogP contribution < -0.4 is 4.74 Å². The highest BCUT2D eigenvalue weighted by Crippen LogP contribution is 2.33. The normalized spacial score (nSPS) is 12.6. The fourth-order valence-electron chi connectivity index (χ4n) is 3.09. The van der Waals surface area contributed by atoms with Crippen LogP contribution in [0.25, 0.3) is 5.57 Å². The first-order chi connectivity index (χ1) is 15.8. The van der Waals surface area contributed by atoms with E-state index in [9.17, 15) is 18.0 Å². The van der Waals surface area contributed by atoms with E-state index in [1.807, 2.05) is 36.4 Å². The second-order valence-corrected chi connectivity index (χ2v) is 8.43. The Morgan fingerprint density at radius 2 is 1.73 bits per heavy atom. The highest BCUT2D eigenvalue weighted by molar-refractivity contribution is 7.99. The van der Waals surface area contributed by atoms with E-state index in [4.69, 9.17) is 21.4 Å². The van der Waals surface area contributed by atoms with Gasteiger partial charge in [-0.25, -0.2) is 18.0 Å². The van der Waals surface area contributed by atoms with Crippen LogP contribution in [0.3, 0.4) is 0 Å². The zero-order valence-corrected chi connectivity index (χ0v) is 18.8. The van der Waals surface area contributed by atoms with Crippen LogP contribution in [0.15, 0.2) is 83.8 Å². The Labute approximate surface area is 198 Å². The molecule has 3 aromatic rings. The first-order valence-electron chi connectivity index (χ1n) is 9.90. The Bertz CT molecular complexity index is 1120. The first-order valence-corrected chi connectivity index (χ1v) is 11.3. The van der Waals surface area contributed by atoms with E-state index in [0.717, 1.165) is 16.0 Å². The summed E-state index contributed by atoms with van der Waals surface area (Å²) in [6, 6.07) is 20.6. The van der Waals surface area contributed by atoms with Crippen molar-refractivity contribution in [3.05, 3.63) is 101 Å². The van der Waals surface area contributed by atoms with Crippen molar-refractivity contribution in [3.63, 3.8) is 0 Å². The third-order valence-corrected chi connectivity index (χ3v) is 5.83. The van der Waals surface area contributed by atoms with Crippen molar-refractivity contribution >= 4 is 34.9 Å². The van der Waals surface area contributed by atoms with E-state index in [1.54, 1.807) is 30.3 Å². The predicted octanol–water partition coefficient (Wildman–Crippen LogP) is 7.30. The Morgan fingerprint density at radius 1 is 1.00 bits per heavy atom. The summed E-state index contributed by atoms with van der Waals surface area (Å²) in [5, 5.41) is 9.01. The zero-order chi connectivity index (χ0) is 23.8. The Kier molecular flexibility index (Phi) is 8.86. The van der Waals surface area contributed by atoms with Crippen molar-refractivity contribution < 1.29 is 27.8 Å². The molecule has 1 unspecified atom stereocenters. The lowest BCUT2D eigenvalue weighted by Gasteiger charge is -2.13. The molecule has 172 valence electrons. The summed E-state index contributed by atoms with van der Waals surface area (Å²) in [7, 11) is 0. The minimum absolute atomic E-state index is 0.0688. The van der Waals surface area contributed by atoms with Crippen molar-refractivity contribution in [1.29, 1.82) is 0 Å². The maximum atomic E-state index is 13.9. The van der Waals surface area contributed by atoms with E-state index in [-0.39, 0.29) is 11.3 Å². The highest BCUT2D eigenvalue weighted by Gasteiger charge is 2.22. The Hall–Kier alpha value is -2.90. The van der Waals surface area contributed by atoms with Gasteiger partial charge in [0.15, 0.2) is 12.8 Å². The number of aliphatic carboxylic acids is 1. The molecule has 0 amide bonds. The molecule has 0 spiro atoms. The zero-order valence-electron chi connectivity index (χ0n) is 17.3. The number of carboxylic acids is 1. The quantitative estimate of drug-likeness (QED) is 0.301. The van der Waals surface area contributed by atoms with Crippen LogP contribution in [0.2, 0.25) is 5.02 Å². The molecule has 3 nitrogen and oxygen atoms in total. The van der Waals surface area contributed by atoms with Crippen LogP contribution in [0.4, 0.5) is 13.2 Å². The summed E-state index contributed by atoms with van der Waals surface area (Å²) >= 11 is 7.65. The predicted molar refractivity (Wildman–Crippen MR) is 125 cm³/mol. The number of alkyl halides is 3. The average Bonchev–Trinajstić information content (AvgIpc) is 2.81. The molecular weight excluding hydrogens is 473 g/mol. The number of thioether (sulfide) groups is 1. The van der Waals surface area contributed by atoms with Gasteiger partial charge in [0, 0.05) is 10.6 Å². The molecule has 0 heterocycles. The van der Waals surface area contributed by atoms with Crippen LogP contribution in [0, 0.1) is 0 Å². The maximum absolute atomic E-state index is 13.9. The molecular formula is C25H20ClF3O3S. The Balaban J connectivity index is 1.82. The topological polar surface area (TPSA) is 46.5 Å². The number of rotatable bonds is 10. The van der Waals surface area contributed by atoms with Crippen LogP contribution in [0.5, 0.6) is 5.75 Å². The van der Waals surface area contributed by atoms with Crippen molar-refractivity contribution in [2.75, 3.05) is 12.4 Å². The molecule has 3 rings (SSSR count). The van der Waals surface area contributed by atoms with Gasteiger partial charge in [0.1, 0.15) is 5.75 Å². The number of hydrogen-bond donors (Lipinski definition) is 1. The van der Waals surface area contributed by atoms with Crippen LogP contribution in [0.1, 0.15) is 22.9 Å². The molecule has 0 radical (unpaired) electrons. The molecule has 0 fully saturated rings. The lowest BCUT2D eigenvalue weighted by molar-refractivity contribution is -0.139. The lowest BCUT2D eigenvalue weighted by Crippen LogP contribution is -2.09. The summed E-state index contributed by atoms with van der Waals surface area (Å²) in [5.74, 6) is -0.297. The molecule has 0 saturated carbocycles. The van der Waals surface area contributed by atoms with Crippen LogP contribution >= 0.6 is 23.4 Å². The van der Waals surface area contributed by atoms with Crippen molar-refractivity contribution in [3.8, 4) is 5.75 Å². The molecule has 3 aromatic carbocycles. The van der Waals surface area contributed by atoms with Crippen molar-refractivity contribution in [2.45, 2.75) is 17.5 Å². The molecule has 0 aliphatic heterocycles. The summed E-state index contributed by atoms with van der Waals surface area (Å²) < 4.78 is 44.8. The first kappa shape index (κ1) is 24.7. The summed E-state index contributed by atoms with van der Waals surface area (Å²) in [5.41, 5.74) is 2.23. The van der Waals surface area contributed by atoms with Crippen LogP contribution in [-0.2, 0) is 4.79 Å². The van der Waals surface area contributed by atoms with E-state index >= 15 is 0 Å². The number of carboxylic acid groups (broad SMARTS) is 1. The second-order valence-electron chi connectivity index (χ2n) is 6.93. The summed E-state index contributed by atoms with van der Waals surface area (Å²) in [4.78, 5) is 11.5. The monoisotopic (exact) mass is 492 g/mol. The third kappa shape index (κ3) is 7.04. The Morgan fingerprint density at radius 3 is 2.39 bits per heavy atom. The molecule has 0 saturated heterocycles. The molecule has 0 aliphatic rings. The smallest absolute Gasteiger partial charge is 0.341 e. The van der Waals surface area contributed by atoms with E-state index < -0.39 is 25.2 Å². The van der Waals surface area contributed by atoms with Gasteiger partial charge in [0.2, 0.25) is 0 Å². The molecule has 8 heteroatoms. The van der Waals surface area contributed by atoms with Gasteiger partial charge in [0.05, 0.1) is 5.02 Å². The van der Waals surface area contributed by atoms with Gasteiger partial charge in [0.25, 0.3) is 6.43 Å². The molecule has 0 aliphatic carbocycles. The van der Waals surface area contributed by atoms with Gasteiger partial charge < -0.3 is 9.84 Å². The summed E-state index contributed by atoms with van der Waals surface area (Å²) in [6.07, 6.45) is -3.50. The number of halogens is 4. The van der Waals surface area contributed by atoms with E-state index in [2.05, 4.69) is 0 Å². The minimum atomic E-state index is -3.09. The number of benzene rings is 3. The molecule has 1 atom stereocenters. The van der Waals surface area contributed by atoms with Gasteiger partial charge >= 0.3 is 5.97 Å². The number of hydrogen-bond acceptors (Lipinski definition) is 3. The molecule has 0 bridgehead atoms.